The fourth-order valence-electron chi connectivity index (χ4n) is 4.02. The van der Waals surface area contributed by atoms with Crippen LogP contribution >= 0.6 is 0 Å². The van der Waals surface area contributed by atoms with Gasteiger partial charge in [-0.1, -0.05) is 58.8 Å². The predicted molar refractivity (Wildman–Crippen MR) is 108 cm³/mol. The minimum atomic E-state index is -1.05. The van der Waals surface area contributed by atoms with Crippen LogP contribution in [0.4, 0.5) is 0 Å². The van der Waals surface area contributed by atoms with Gasteiger partial charge in [0.2, 0.25) is 11.8 Å². The summed E-state index contributed by atoms with van der Waals surface area (Å²) in [6, 6.07) is -1.05. The van der Waals surface area contributed by atoms with Crippen molar-refractivity contribution in [3.63, 3.8) is 0 Å². The van der Waals surface area contributed by atoms with Crippen LogP contribution in [-0.4, -0.2) is 37.8 Å². The van der Waals surface area contributed by atoms with Crippen LogP contribution in [0.3, 0.4) is 0 Å². The molecule has 164 valence electrons. The van der Waals surface area contributed by atoms with Gasteiger partial charge in [-0.3, -0.25) is 19.8 Å². The Labute approximate surface area is 171 Å². The van der Waals surface area contributed by atoms with Gasteiger partial charge in [0.15, 0.2) is 0 Å². The smallest absolute Gasteiger partial charge is 0.347 e. The van der Waals surface area contributed by atoms with Crippen LogP contribution in [0.2, 0.25) is 0 Å². The summed E-state index contributed by atoms with van der Waals surface area (Å²) in [7, 11) is 0. The molecule has 0 aromatic carbocycles. The second kappa shape index (κ2) is 11.0. The first-order valence-corrected chi connectivity index (χ1v) is 10.6. The van der Waals surface area contributed by atoms with E-state index in [2.05, 4.69) is 4.98 Å². The number of hydrogen-bond donors (Lipinski definition) is 4. The molecule has 2 amide bonds. The van der Waals surface area contributed by atoms with E-state index in [0.29, 0.717) is 25.2 Å². The highest BCUT2D eigenvalue weighted by atomic mass is 16.5. The van der Waals surface area contributed by atoms with E-state index >= 15 is 0 Å². The van der Waals surface area contributed by atoms with Gasteiger partial charge < -0.3 is 5.11 Å². The molecule has 1 aromatic heterocycles. The summed E-state index contributed by atoms with van der Waals surface area (Å²) in [4.78, 5) is 39.8. The van der Waals surface area contributed by atoms with E-state index in [0.717, 1.165) is 22.3 Å². The zero-order valence-corrected chi connectivity index (χ0v) is 17.4. The number of carbonyl (C=O) groups excluding carboxylic acids is 2. The molecule has 2 rings (SSSR count). The molecule has 0 saturated heterocycles. The molecule has 9 nitrogen and oxygen atoms in total. The predicted octanol–water partition coefficient (Wildman–Crippen LogP) is 2.41. The van der Waals surface area contributed by atoms with Crippen molar-refractivity contribution >= 4 is 11.8 Å². The molecule has 0 aliphatic heterocycles. The van der Waals surface area contributed by atoms with Crippen molar-refractivity contribution in [2.45, 2.75) is 84.1 Å². The molecule has 1 saturated carbocycles. The van der Waals surface area contributed by atoms with Crippen LogP contribution < -0.4 is 16.2 Å². The lowest BCUT2D eigenvalue weighted by molar-refractivity contribution is -0.134. The molecular formula is C20H34N4O5. The average molecular weight is 411 g/mol. The largest absolute Gasteiger partial charge is 0.493 e. The van der Waals surface area contributed by atoms with Crippen molar-refractivity contribution in [1.82, 2.24) is 15.1 Å². The molecule has 0 radical (unpaired) electrons. The number of hydroxylamine groups is 1. The minimum absolute atomic E-state index is 0.147. The van der Waals surface area contributed by atoms with Crippen LogP contribution in [-0.2, 0) is 9.59 Å². The zero-order valence-electron chi connectivity index (χ0n) is 17.4. The van der Waals surface area contributed by atoms with Crippen molar-refractivity contribution in [1.29, 1.82) is 0 Å². The van der Waals surface area contributed by atoms with Crippen LogP contribution in [0, 0.1) is 11.8 Å². The molecule has 1 aliphatic carbocycles. The highest BCUT2D eigenvalue weighted by molar-refractivity contribution is 5.94. The normalized spacial score (nSPS) is 16.0. The Hall–Kier alpha value is -2.29. The average Bonchev–Trinajstić information content (AvgIpc) is 3.03. The molecule has 1 aliphatic rings. The zero-order chi connectivity index (χ0) is 21.4. The molecule has 1 heterocycles. The fraction of sp³-hybridized carbons (Fsp3) is 0.750. The number of rotatable bonds is 10. The Balaban J connectivity index is 2.20. The SMILES string of the molecule is CC(C)CCC(=O)N([C@@H](CCCC1CCCCC1)C(=O)NO)n1cc(O)[nH]c1=O. The highest BCUT2D eigenvalue weighted by Gasteiger charge is 2.32. The maximum Gasteiger partial charge on any atom is 0.347 e. The maximum atomic E-state index is 12.9. The molecule has 0 spiro atoms. The fourth-order valence-corrected chi connectivity index (χ4v) is 4.02. The summed E-state index contributed by atoms with van der Waals surface area (Å²) in [5.74, 6) is -0.675. The van der Waals surface area contributed by atoms with Gasteiger partial charge in [0, 0.05) is 6.42 Å². The van der Waals surface area contributed by atoms with E-state index in [1.807, 2.05) is 13.8 Å². The summed E-state index contributed by atoms with van der Waals surface area (Å²) in [6.45, 7) is 3.96. The molecule has 4 N–H and O–H groups in total. The van der Waals surface area contributed by atoms with Crippen molar-refractivity contribution in [2.24, 2.45) is 11.8 Å². The van der Waals surface area contributed by atoms with E-state index in [4.69, 9.17) is 0 Å². The topological polar surface area (TPSA) is 128 Å². The van der Waals surface area contributed by atoms with Gasteiger partial charge >= 0.3 is 5.69 Å². The van der Waals surface area contributed by atoms with Gasteiger partial charge in [-0.05, 0) is 24.7 Å². The Kier molecular flexibility index (Phi) is 8.75. The van der Waals surface area contributed by atoms with Gasteiger partial charge in [0.05, 0.1) is 6.20 Å². The van der Waals surface area contributed by atoms with Gasteiger partial charge in [0.25, 0.3) is 5.91 Å². The standard InChI is InChI=1S/C20H34N4O5/c1-14(2)11-12-18(26)24(23-13-17(25)21-20(23)28)16(19(27)22-29)10-6-9-15-7-4-3-5-8-15/h13-16,25,29H,3-12H2,1-2H3,(H,21,28)(H,22,27)/t16-/m0/s1. The van der Waals surface area contributed by atoms with Gasteiger partial charge in [-0.15, -0.1) is 0 Å². The summed E-state index contributed by atoms with van der Waals surface area (Å²) < 4.78 is 0.929. The molecule has 1 fully saturated rings. The lowest BCUT2D eigenvalue weighted by atomic mass is 9.85. The van der Waals surface area contributed by atoms with Crippen molar-refractivity contribution in [2.75, 3.05) is 5.01 Å². The van der Waals surface area contributed by atoms with E-state index in [1.165, 1.54) is 32.1 Å². The number of hydrogen-bond acceptors (Lipinski definition) is 5. The number of aromatic hydroxyl groups is 1. The Morgan fingerprint density at radius 2 is 1.97 bits per heavy atom. The van der Waals surface area contributed by atoms with E-state index in [-0.39, 0.29) is 12.3 Å². The second-order valence-corrected chi connectivity index (χ2v) is 8.39. The van der Waals surface area contributed by atoms with Crippen molar-refractivity contribution < 1.29 is 19.9 Å². The van der Waals surface area contributed by atoms with Gasteiger partial charge in [-0.2, -0.15) is 0 Å². The minimum Gasteiger partial charge on any atom is -0.493 e. The molecule has 0 unspecified atom stereocenters. The summed E-state index contributed by atoms with van der Waals surface area (Å²) >= 11 is 0. The van der Waals surface area contributed by atoms with Crippen molar-refractivity contribution in [3.8, 4) is 5.88 Å². The number of aromatic nitrogens is 2. The number of amides is 2. The highest BCUT2D eigenvalue weighted by Crippen LogP contribution is 2.28. The molecule has 29 heavy (non-hydrogen) atoms. The van der Waals surface area contributed by atoms with Crippen molar-refractivity contribution in [3.05, 3.63) is 16.7 Å². The number of imidazole rings is 1. The monoisotopic (exact) mass is 410 g/mol. The summed E-state index contributed by atoms with van der Waals surface area (Å²) in [5, 5.41) is 19.9. The maximum absolute atomic E-state index is 12.9. The lowest BCUT2D eigenvalue weighted by Crippen LogP contribution is -2.57. The number of nitrogens with one attached hydrogen (secondary N) is 2. The van der Waals surface area contributed by atoms with Crippen LogP contribution in [0.5, 0.6) is 5.88 Å². The number of aromatic amines is 1. The van der Waals surface area contributed by atoms with E-state index in [1.54, 1.807) is 5.48 Å². The number of nitrogens with zero attached hydrogens (tertiary/aromatic N) is 2. The van der Waals surface area contributed by atoms with E-state index < -0.39 is 29.4 Å². The molecule has 0 bridgehead atoms. The lowest BCUT2D eigenvalue weighted by Gasteiger charge is -2.31. The first-order chi connectivity index (χ1) is 13.8. The number of H-pyrrole nitrogens is 1. The Morgan fingerprint density at radius 1 is 1.28 bits per heavy atom. The third-order valence-electron chi connectivity index (χ3n) is 5.63. The summed E-state index contributed by atoms with van der Waals surface area (Å²) in [5.41, 5.74) is 0.910. The van der Waals surface area contributed by atoms with Crippen LogP contribution in [0.25, 0.3) is 0 Å². The van der Waals surface area contributed by atoms with Gasteiger partial charge in [0.1, 0.15) is 6.04 Å². The summed E-state index contributed by atoms with van der Waals surface area (Å²) in [6.07, 6.45) is 9.85. The molecule has 1 aromatic rings. The molecular weight excluding hydrogens is 376 g/mol. The van der Waals surface area contributed by atoms with E-state index in [9.17, 15) is 24.7 Å². The number of carbonyl (C=O) groups is 2. The molecule has 1 atom stereocenters. The Morgan fingerprint density at radius 3 is 2.52 bits per heavy atom. The first-order valence-electron chi connectivity index (χ1n) is 10.6. The Bertz CT molecular complexity index is 721. The third kappa shape index (κ3) is 6.62. The quantitative estimate of drug-likeness (QED) is 0.348. The second-order valence-electron chi connectivity index (χ2n) is 8.39. The third-order valence-corrected chi connectivity index (χ3v) is 5.63. The first kappa shape index (κ1) is 23.0. The van der Waals surface area contributed by atoms with Crippen LogP contribution in [0.15, 0.2) is 11.0 Å². The molecule has 9 heteroatoms. The van der Waals surface area contributed by atoms with Gasteiger partial charge in [-0.25, -0.2) is 20.0 Å². The van der Waals surface area contributed by atoms with Crippen LogP contribution in [0.1, 0.15) is 78.1 Å².